The van der Waals surface area contributed by atoms with E-state index in [9.17, 15) is 4.79 Å². The SMILES string of the molecule is COC(=O)C[C@H](N)/C(O)=C/O. The average Bonchev–Trinajstić information content (AvgIpc) is 2.02. The highest BCUT2D eigenvalue weighted by atomic mass is 16.5. The van der Waals surface area contributed by atoms with E-state index in [1.54, 1.807) is 0 Å². The van der Waals surface area contributed by atoms with Gasteiger partial charge in [0.25, 0.3) is 0 Å². The highest BCUT2D eigenvalue weighted by Crippen LogP contribution is 1.99. The Bertz CT molecular complexity index is 166. The van der Waals surface area contributed by atoms with Crippen LogP contribution in [0.5, 0.6) is 0 Å². The fourth-order valence-electron chi connectivity index (χ4n) is 0.463. The second kappa shape index (κ2) is 4.56. The molecule has 0 saturated carbocycles. The number of carbonyl (C=O) groups is 1. The maximum atomic E-state index is 10.5. The van der Waals surface area contributed by atoms with Crippen LogP contribution in [0.1, 0.15) is 6.42 Å². The molecule has 0 aromatic heterocycles. The summed E-state index contributed by atoms with van der Waals surface area (Å²) in [7, 11) is 1.22. The van der Waals surface area contributed by atoms with Crippen molar-refractivity contribution in [3.8, 4) is 0 Å². The summed E-state index contributed by atoms with van der Waals surface area (Å²) in [6, 6.07) is -0.896. The minimum atomic E-state index is -0.896. The molecule has 0 radical (unpaired) electrons. The van der Waals surface area contributed by atoms with Gasteiger partial charge >= 0.3 is 5.97 Å². The molecule has 4 N–H and O–H groups in total. The van der Waals surface area contributed by atoms with Gasteiger partial charge in [0.15, 0.2) is 0 Å². The van der Waals surface area contributed by atoms with Crippen LogP contribution in [0, 0.1) is 0 Å². The van der Waals surface area contributed by atoms with Crippen molar-refractivity contribution in [1.82, 2.24) is 0 Å². The minimum absolute atomic E-state index is 0.153. The van der Waals surface area contributed by atoms with Crippen molar-refractivity contribution < 1.29 is 19.7 Å². The predicted octanol–water partition coefficient (Wildman–Crippen LogP) is -0.166. The van der Waals surface area contributed by atoms with Crippen LogP contribution in [0.4, 0.5) is 0 Å². The van der Waals surface area contributed by atoms with E-state index in [0.29, 0.717) is 6.26 Å². The summed E-state index contributed by atoms with van der Waals surface area (Å²) >= 11 is 0. The van der Waals surface area contributed by atoms with Crippen LogP contribution in [-0.2, 0) is 9.53 Å². The van der Waals surface area contributed by atoms with E-state index < -0.39 is 17.8 Å². The topological polar surface area (TPSA) is 92.8 Å². The molecular formula is C6H11NO4. The number of hydrogen-bond donors (Lipinski definition) is 3. The lowest BCUT2D eigenvalue weighted by Crippen LogP contribution is -2.26. The molecule has 0 aliphatic rings. The van der Waals surface area contributed by atoms with Gasteiger partial charge < -0.3 is 20.7 Å². The quantitative estimate of drug-likeness (QED) is 0.395. The van der Waals surface area contributed by atoms with E-state index in [-0.39, 0.29) is 6.42 Å². The standard InChI is InChI=1S/C6H11NO4/c1-11-6(10)2-4(7)5(9)3-8/h3-4,8-9H,2,7H2,1H3/b5-3-/t4-/m0/s1. The van der Waals surface area contributed by atoms with Gasteiger partial charge in [-0.3, -0.25) is 4.79 Å². The number of carbonyl (C=O) groups excluding carboxylic acids is 1. The van der Waals surface area contributed by atoms with Crippen LogP contribution < -0.4 is 5.73 Å². The van der Waals surface area contributed by atoms with Crippen molar-refractivity contribution >= 4 is 5.97 Å². The summed E-state index contributed by atoms with van der Waals surface area (Å²) in [5.74, 6) is -0.971. The molecule has 5 nitrogen and oxygen atoms in total. The molecule has 0 fully saturated rings. The van der Waals surface area contributed by atoms with Crippen molar-refractivity contribution in [2.45, 2.75) is 12.5 Å². The third-order valence-electron chi connectivity index (χ3n) is 1.13. The van der Waals surface area contributed by atoms with Gasteiger partial charge in [0.2, 0.25) is 0 Å². The van der Waals surface area contributed by atoms with Crippen molar-refractivity contribution in [3.05, 3.63) is 12.0 Å². The molecule has 0 aromatic carbocycles. The Kier molecular flexibility index (Phi) is 4.05. The average molecular weight is 161 g/mol. The molecule has 5 heteroatoms. The first-order valence-electron chi connectivity index (χ1n) is 2.97. The summed E-state index contributed by atoms with van der Waals surface area (Å²) in [5.41, 5.74) is 5.23. The maximum Gasteiger partial charge on any atom is 0.307 e. The fourth-order valence-corrected chi connectivity index (χ4v) is 0.463. The fraction of sp³-hybridized carbons (Fsp3) is 0.500. The Hall–Kier alpha value is -1.23. The first kappa shape index (κ1) is 9.77. The van der Waals surface area contributed by atoms with Crippen LogP contribution in [0.15, 0.2) is 12.0 Å². The van der Waals surface area contributed by atoms with Gasteiger partial charge in [-0.15, -0.1) is 0 Å². The third kappa shape index (κ3) is 3.47. The molecule has 0 rings (SSSR count). The van der Waals surface area contributed by atoms with Crippen molar-refractivity contribution in [2.75, 3.05) is 7.11 Å². The smallest absolute Gasteiger partial charge is 0.307 e. The minimum Gasteiger partial charge on any atom is -0.512 e. The Morgan fingerprint density at radius 1 is 1.82 bits per heavy atom. The van der Waals surface area contributed by atoms with E-state index >= 15 is 0 Å². The van der Waals surface area contributed by atoms with Crippen molar-refractivity contribution in [3.63, 3.8) is 0 Å². The second-order valence-electron chi connectivity index (χ2n) is 1.94. The molecule has 0 aromatic rings. The summed E-state index contributed by atoms with van der Waals surface area (Å²) < 4.78 is 4.28. The third-order valence-corrected chi connectivity index (χ3v) is 1.13. The van der Waals surface area contributed by atoms with Gasteiger partial charge in [-0.25, -0.2) is 0 Å². The zero-order valence-corrected chi connectivity index (χ0v) is 6.15. The molecule has 0 bridgehead atoms. The molecule has 0 spiro atoms. The number of aliphatic hydroxyl groups excluding tert-OH is 2. The number of aliphatic hydroxyl groups is 2. The monoisotopic (exact) mass is 161 g/mol. The summed E-state index contributed by atoms with van der Waals surface area (Å²) in [6.07, 6.45) is 0.299. The Morgan fingerprint density at radius 3 is 2.73 bits per heavy atom. The molecule has 64 valence electrons. The first-order valence-corrected chi connectivity index (χ1v) is 2.97. The molecule has 11 heavy (non-hydrogen) atoms. The molecule has 1 atom stereocenters. The summed E-state index contributed by atoms with van der Waals surface area (Å²) in [6.45, 7) is 0. The zero-order chi connectivity index (χ0) is 8.85. The predicted molar refractivity (Wildman–Crippen MR) is 37.9 cm³/mol. The molecule has 0 amide bonds. The van der Waals surface area contributed by atoms with Gasteiger partial charge in [-0.2, -0.15) is 0 Å². The van der Waals surface area contributed by atoms with Crippen LogP contribution in [0.3, 0.4) is 0 Å². The summed E-state index contributed by atoms with van der Waals surface area (Å²) in [4.78, 5) is 10.5. The van der Waals surface area contributed by atoms with Crippen molar-refractivity contribution in [1.29, 1.82) is 0 Å². The van der Waals surface area contributed by atoms with Gasteiger partial charge in [-0.05, 0) is 0 Å². The van der Waals surface area contributed by atoms with E-state index in [2.05, 4.69) is 4.74 Å². The number of ether oxygens (including phenoxy) is 1. The largest absolute Gasteiger partial charge is 0.512 e. The molecule has 0 aliphatic carbocycles. The van der Waals surface area contributed by atoms with Crippen LogP contribution in [0.2, 0.25) is 0 Å². The van der Waals surface area contributed by atoms with Gasteiger partial charge in [0.05, 0.1) is 19.6 Å². The van der Waals surface area contributed by atoms with Gasteiger partial charge in [0.1, 0.15) is 12.0 Å². The second-order valence-corrected chi connectivity index (χ2v) is 1.94. The van der Waals surface area contributed by atoms with E-state index in [0.717, 1.165) is 0 Å². The molecule has 0 heterocycles. The number of methoxy groups -OCH3 is 1. The molecule has 0 unspecified atom stereocenters. The lowest BCUT2D eigenvalue weighted by Gasteiger charge is -2.06. The Morgan fingerprint density at radius 2 is 2.36 bits per heavy atom. The number of hydrogen-bond acceptors (Lipinski definition) is 5. The zero-order valence-electron chi connectivity index (χ0n) is 6.15. The highest BCUT2D eigenvalue weighted by Gasteiger charge is 2.13. The molecule has 0 saturated heterocycles. The van der Waals surface area contributed by atoms with E-state index in [4.69, 9.17) is 15.9 Å². The lowest BCUT2D eigenvalue weighted by atomic mass is 10.2. The Labute approximate surface area is 64.1 Å². The Balaban J connectivity index is 3.87. The van der Waals surface area contributed by atoms with Crippen LogP contribution >= 0.6 is 0 Å². The number of rotatable bonds is 3. The first-order chi connectivity index (χ1) is 5.11. The van der Waals surface area contributed by atoms with E-state index in [1.165, 1.54) is 7.11 Å². The van der Waals surface area contributed by atoms with Gasteiger partial charge in [0, 0.05) is 0 Å². The van der Waals surface area contributed by atoms with E-state index in [1.807, 2.05) is 0 Å². The number of esters is 1. The number of nitrogens with two attached hydrogens (primary N) is 1. The molecule has 0 aliphatic heterocycles. The normalized spacial score (nSPS) is 14.2. The lowest BCUT2D eigenvalue weighted by molar-refractivity contribution is -0.140. The van der Waals surface area contributed by atoms with Crippen molar-refractivity contribution in [2.24, 2.45) is 5.73 Å². The van der Waals surface area contributed by atoms with Crippen LogP contribution in [0.25, 0.3) is 0 Å². The highest BCUT2D eigenvalue weighted by molar-refractivity contribution is 5.70. The van der Waals surface area contributed by atoms with Gasteiger partial charge in [-0.1, -0.05) is 0 Å². The maximum absolute atomic E-state index is 10.5. The van der Waals surface area contributed by atoms with Crippen LogP contribution in [-0.4, -0.2) is 29.3 Å². The molecular weight excluding hydrogens is 150 g/mol. The summed E-state index contributed by atoms with van der Waals surface area (Å²) in [5, 5.41) is 17.0.